The Morgan fingerprint density at radius 3 is 2.19 bits per heavy atom. The molecule has 0 aliphatic rings. The summed E-state index contributed by atoms with van der Waals surface area (Å²) in [6.07, 6.45) is 2.52. The first-order valence-electron chi connectivity index (χ1n) is 6.67. The molecule has 1 atom stereocenters. The van der Waals surface area contributed by atoms with Gasteiger partial charge in [0, 0.05) is 6.92 Å². The van der Waals surface area contributed by atoms with Gasteiger partial charge in [0.2, 0.25) is 5.91 Å². The Kier molecular flexibility index (Phi) is 13.9. The van der Waals surface area contributed by atoms with Crippen molar-refractivity contribution >= 4 is 5.91 Å². The third-order valence-electron chi connectivity index (χ3n) is 2.49. The molecule has 0 aromatic rings. The van der Waals surface area contributed by atoms with E-state index in [4.69, 9.17) is 0 Å². The fraction of sp³-hybridized carbons (Fsp3) is 0.923. The largest absolute Gasteiger partial charge is 0.351 e. The summed E-state index contributed by atoms with van der Waals surface area (Å²) in [7, 11) is 0. The van der Waals surface area contributed by atoms with E-state index in [0.29, 0.717) is 6.04 Å². The Morgan fingerprint density at radius 1 is 1.25 bits per heavy atom. The summed E-state index contributed by atoms with van der Waals surface area (Å²) in [6.45, 7) is 15.3. The first kappa shape index (κ1) is 17.8. The first-order valence-corrected chi connectivity index (χ1v) is 6.67. The van der Waals surface area contributed by atoms with Crippen LogP contribution in [-0.2, 0) is 4.79 Å². The summed E-state index contributed by atoms with van der Waals surface area (Å²) >= 11 is 0. The van der Waals surface area contributed by atoms with E-state index in [1.54, 1.807) is 11.8 Å². The smallest absolute Gasteiger partial charge is 0.217 e. The minimum absolute atomic E-state index is 0.0728. The third kappa shape index (κ3) is 11.5. The lowest BCUT2D eigenvalue weighted by molar-refractivity contribution is -0.920. The van der Waals surface area contributed by atoms with Gasteiger partial charge in [0.1, 0.15) is 0 Å². The van der Waals surface area contributed by atoms with Crippen LogP contribution in [0.15, 0.2) is 0 Å². The van der Waals surface area contributed by atoms with E-state index < -0.39 is 0 Å². The van der Waals surface area contributed by atoms with Gasteiger partial charge in [-0.3, -0.25) is 4.79 Å². The molecule has 0 rings (SSSR count). The van der Waals surface area contributed by atoms with E-state index in [2.05, 4.69) is 26.1 Å². The highest BCUT2D eigenvalue weighted by Gasteiger charge is 2.11. The lowest BCUT2D eigenvalue weighted by Crippen LogP contribution is -3.15. The van der Waals surface area contributed by atoms with E-state index >= 15 is 0 Å². The average molecular weight is 231 g/mol. The number of nitrogens with one attached hydrogen (secondary N) is 2. The standard InChI is InChI=1S/C11H24N2O.C2H6/c1-5-6-8-13(10(2)3)9-7-12-11(4)14;1-2/h10H,5-9H2,1-4H3,(H,12,14);1-2H3/p+1. The van der Waals surface area contributed by atoms with Gasteiger partial charge in [-0.1, -0.05) is 27.2 Å². The maximum Gasteiger partial charge on any atom is 0.217 e. The summed E-state index contributed by atoms with van der Waals surface area (Å²) in [5, 5.41) is 2.85. The molecule has 16 heavy (non-hydrogen) atoms. The lowest BCUT2D eigenvalue weighted by Gasteiger charge is -2.23. The summed E-state index contributed by atoms with van der Waals surface area (Å²) in [6, 6.07) is 0.648. The van der Waals surface area contributed by atoms with Crippen molar-refractivity contribution in [2.24, 2.45) is 0 Å². The highest BCUT2D eigenvalue weighted by Crippen LogP contribution is 1.81. The molecule has 1 unspecified atom stereocenters. The SMILES string of the molecule is CC.CCCC[NH+](CCNC(C)=O)C(C)C. The molecule has 0 radical (unpaired) electrons. The molecule has 0 spiro atoms. The minimum atomic E-state index is 0.0728. The Morgan fingerprint density at radius 2 is 1.81 bits per heavy atom. The molecule has 0 aliphatic carbocycles. The van der Waals surface area contributed by atoms with Crippen molar-refractivity contribution in [2.75, 3.05) is 19.6 Å². The van der Waals surface area contributed by atoms with Gasteiger partial charge in [0.05, 0.1) is 25.7 Å². The number of hydrogen-bond donors (Lipinski definition) is 2. The molecule has 0 heterocycles. The first-order chi connectivity index (χ1) is 7.57. The summed E-state index contributed by atoms with van der Waals surface area (Å²) in [5.41, 5.74) is 0. The summed E-state index contributed by atoms with van der Waals surface area (Å²) < 4.78 is 0. The Labute approximate surface area is 102 Å². The van der Waals surface area contributed by atoms with Crippen LogP contribution in [0.4, 0.5) is 0 Å². The fourth-order valence-corrected chi connectivity index (χ4v) is 1.51. The molecule has 2 N–H and O–H groups in total. The van der Waals surface area contributed by atoms with E-state index in [0.717, 1.165) is 13.1 Å². The lowest BCUT2D eigenvalue weighted by atomic mass is 10.2. The predicted molar refractivity (Wildman–Crippen MR) is 70.8 cm³/mol. The summed E-state index contributed by atoms with van der Waals surface area (Å²) in [5.74, 6) is 0.0728. The van der Waals surface area contributed by atoms with Gasteiger partial charge in [-0.05, 0) is 20.3 Å². The molecule has 0 fully saturated rings. The van der Waals surface area contributed by atoms with Crippen LogP contribution in [0.25, 0.3) is 0 Å². The van der Waals surface area contributed by atoms with E-state index in [1.807, 2.05) is 13.8 Å². The van der Waals surface area contributed by atoms with Crippen LogP contribution in [0, 0.1) is 0 Å². The molecule has 0 saturated heterocycles. The van der Waals surface area contributed by atoms with Gasteiger partial charge in [0.25, 0.3) is 0 Å². The van der Waals surface area contributed by atoms with Crippen molar-refractivity contribution in [3.63, 3.8) is 0 Å². The second-order valence-corrected chi connectivity index (χ2v) is 4.15. The predicted octanol–water partition coefficient (Wildman–Crippen LogP) is 1.24. The number of rotatable bonds is 7. The number of hydrogen-bond acceptors (Lipinski definition) is 1. The van der Waals surface area contributed by atoms with Gasteiger partial charge < -0.3 is 10.2 Å². The molecular weight excluding hydrogens is 200 g/mol. The van der Waals surface area contributed by atoms with Gasteiger partial charge in [-0.2, -0.15) is 0 Å². The normalized spacial score (nSPS) is 11.7. The molecule has 3 nitrogen and oxygen atoms in total. The van der Waals surface area contributed by atoms with Crippen LogP contribution in [-0.4, -0.2) is 31.6 Å². The summed E-state index contributed by atoms with van der Waals surface area (Å²) in [4.78, 5) is 12.3. The number of carbonyl (C=O) groups is 1. The molecule has 3 heteroatoms. The molecule has 0 aromatic heterocycles. The molecule has 0 bridgehead atoms. The van der Waals surface area contributed by atoms with Crippen LogP contribution >= 0.6 is 0 Å². The van der Waals surface area contributed by atoms with Crippen molar-refractivity contribution < 1.29 is 9.69 Å². The van der Waals surface area contributed by atoms with Crippen molar-refractivity contribution in [3.05, 3.63) is 0 Å². The average Bonchev–Trinajstić information content (AvgIpc) is 2.25. The highest BCUT2D eigenvalue weighted by molar-refractivity contribution is 5.72. The Hall–Kier alpha value is -0.570. The van der Waals surface area contributed by atoms with Crippen LogP contribution in [0.1, 0.15) is 54.4 Å². The van der Waals surface area contributed by atoms with Crippen molar-refractivity contribution in [2.45, 2.75) is 60.4 Å². The molecule has 0 aromatic carbocycles. The number of carbonyl (C=O) groups excluding carboxylic acids is 1. The molecular formula is C13H31N2O+. The van der Waals surface area contributed by atoms with Gasteiger partial charge in [-0.15, -0.1) is 0 Å². The van der Waals surface area contributed by atoms with Crippen LogP contribution < -0.4 is 10.2 Å². The van der Waals surface area contributed by atoms with Crippen molar-refractivity contribution in [1.29, 1.82) is 0 Å². The molecule has 1 amide bonds. The molecule has 98 valence electrons. The van der Waals surface area contributed by atoms with E-state index in [1.165, 1.54) is 19.4 Å². The second-order valence-electron chi connectivity index (χ2n) is 4.15. The Bertz CT molecular complexity index is 158. The quantitative estimate of drug-likeness (QED) is 0.679. The third-order valence-corrected chi connectivity index (χ3v) is 2.49. The number of quaternary nitrogens is 1. The van der Waals surface area contributed by atoms with Crippen LogP contribution in [0.5, 0.6) is 0 Å². The van der Waals surface area contributed by atoms with Gasteiger partial charge in [0.15, 0.2) is 0 Å². The molecule has 0 saturated carbocycles. The fourth-order valence-electron chi connectivity index (χ4n) is 1.51. The van der Waals surface area contributed by atoms with E-state index in [9.17, 15) is 4.79 Å². The second kappa shape index (κ2) is 12.5. The maximum absolute atomic E-state index is 10.7. The maximum atomic E-state index is 10.7. The van der Waals surface area contributed by atoms with Crippen molar-refractivity contribution in [3.8, 4) is 0 Å². The topological polar surface area (TPSA) is 33.5 Å². The number of amides is 1. The zero-order chi connectivity index (χ0) is 13.0. The highest BCUT2D eigenvalue weighted by atomic mass is 16.1. The van der Waals surface area contributed by atoms with Crippen molar-refractivity contribution in [1.82, 2.24) is 5.32 Å². The van der Waals surface area contributed by atoms with E-state index in [-0.39, 0.29) is 5.91 Å². The Balaban J connectivity index is 0. The van der Waals surface area contributed by atoms with Crippen LogP contribution in [0.2, 0.25) is 0 Å². The van der Waals surface area contributed by atoms with Crippen LogP contribution in [0.3, 0.4) is 0 Å². The zero-order valence-electron chi connectivity index (χ0n) is 12.0. The monoisotopic (exact) mass is 231 g/mol. The minimum Gasteiger partial charge on any atom is -0.351 e. The van der Waals surface area contributed by atoms with Gasteiger partial charge >= 0.3 is 0 Å². The molecule has 0 aliphatic heterocycles. The number of unbranched alkanes of at least 4 members (excludes halogenated alkanes) is 1. The van der Waals surface area contributed by atoms with Gasteiger partial charge in [-0.25, -0.2) is 0 Å². The zero-order valence-corrected chi connectivity index (χ0v) is 12.0.